The standard InChI is InChI=1S/C23H24N2O3/c1-16(18-8-4-3-5-9-18)14-22(26)24-25-23(27)17(2)28-21-13-12-19-10-6-7-11-20(19)15-21/h3-13,15-17H,14H2,1-2H3,(H,24,26)(H,25,27). The predicted molar refractivity (Wildman–Crippen MR) is 110 cm³/mol. The minimum atomic E-state index is -0.743. The molecule has 0 aliphatic carbocycles. The summed E-state index contributed by atoms with van der Waals surface area (Å²) in [7, 11) is 0. The number of hydrazine groups is 1. The molecule has 0 aliphatic rings. The molecule has 0 aliphatic heterocycles. The Bertz CT molecular complexity index is 956. The van der Waals surface area contributed by atoms with Gasteiger partial charge in [0, 0.05) is 6.42 Å². The zero-order valence-electron chi connectivity index (χ0n) is 16.0. The molecular weight excluding hydrogens is 352 g/mol. The molecule has 144 valence electrons. The minimum absolute atomic E-state index is 0.0596. The first kappa shape index (κ1) is 19.4. The molecule has 0 radical (unpaired) electrons. The third kappa shape index (κ3) is 5.10. The molecular formula is C23H24N2O3. The van der Waals surface area contributed by atoms with E-state index in [1.54, 1.807) is 6.92 Å². The smallest absolute Gasteiger partial charge is 0.279 e. The van der Waals surface area contributed by atoms with E-state index in [2.05, 4.69) is 10.9 Å². The average molecular weight is 376 g/mol. The number of carbonyl (C=O) groups is 2. The molecule has 2 N–H and O–H groups in total. The van der Waals surface area contributed by atoms with E-state index < -0.39 is 12.0 Å². The maximum atomic E-state index is 12.2. The van der Waals surface area contributed by atoms with E-state index in [0.29, 0.717) is 5.75 Å². The van der Waals surface area contributed by atoms with E-state index in [0.717, 1.165) is 16.3 Å². The number of fused-ring (bicyclic) bond motifs is 1. The Morgan fingerprint density at radius 2 is 1.54 bits per heavy atom. The summed E-state index contributed by atoms with van der Waals surface area (Å²) in [6.45, 7) is 3.62. The Morgan fingerprint density at radius 1 is 0.857 bits per heavy atom. The topological polar surface area (TPSA) is 67.4 Å². The molecule has 28 heavy (non-hydrogen) atoms. The molecule has 3 rings (SSSR count). The third-order valence-electron chi connectivity index (χ3n) is 4.59. The van der Waals surface area contributed by atoms with Crippen molar-refractivity contribution in [3.05, 3.63) is 78.4 Å². The van der Waals surface area contributed by atoms with Crippen LogP contribution in [-0.2, 0) is 9.59 Å². The van der Waals surface area contributed by atoms with Crippen LogP contribution in [0, 0.1) is 0 Å². The highest BCUT2D eigenvalue weighted by Crippen LogP contribution is 2.21. The van der Waals surface area contributed by atoms with Crippen LogP contribution in [0.15, 0.2) is 72.8 Å². The average Bonchev–Trinajstić information content (AvgIpc) is 2.72. The second kappa shape index (κ2) is 9.04. The van der Waals surface area contributed by atoms with Gasteiger partial charge in [-0.1, -0.05) is 67.6 Å². The fourth-order valence-corrected chi connectivity index (χ4v) is 2.96. The van der Waals surface area contributed by atoms with Gasteiger partial charge in [-0.25, -0.2) is 0 Å². The van der Waals surface area contributed by atoms with E-state index >= 15 is 0 Å². The molecule has 0 aromatic heterocycles. The van der Waals surface area contributed by atoms with E-state index in [-0.39, 0.29) is 18.2 Å². The number of amides is 2. The van der Waals surface area contributed by atoms with Gasteiger partial charge >= 0.3 is 0 Å². The van der Waals surface area contributed by atoms with Gasteiger partial charge < -0.3 is 4.74 Å². The second-order valence-electron chi connectivity index (χ2n) is 6.82. The number of hydrogen-bond donors (Lipinski definition) is 2. The lowest BCUT2D eigenvalue weighted by atomic mass is 9.98. The lowest BCUT2D eigenvalue weighted by Gasteiger charge is -2.16. The quantitative estimate of drug-likeness (QED) is 0.640. The number of nitrogens with one attached hydrogen (secondary N) is 2. The molecule has 2 amide bonds. The van der Waals surface area contributed by atoms with Gasteiger partial charge in [-0.05, 0) is 41.3 Å². The number of benzene rings is 3. The van der Waals surface area contributed by atoms with Crippen LogP contribution in [0.25, 0.3) is 10.8 Å². The lowest BCUT2D eigenvalue weighted by molar-refractivity contribution is -0.132. The molecule has 2 atom stereocenters. The van der Waals surface area contributed by atoms with Crippen molar-refractivity contribution < 1.29 is 14.3 Å². The Kier molecular flexibility index (Phi) is 6.27. The van der Waals surface area contributed by atoms with Crippen LogP contribution in [0.5, 0.6) is 5.75 Å². The monoisotopic (exact) mass is 376 g/mol. The highest BCUT2D eigenvalue weighted by Gasteiger charge is 2.17. The van der Waals surface area contributed by atoms with E-state index in [9.17, 15) is 9.59 Å². The van der Waals surface area contributed by atoms with E-state index in [4.69, 9.17) is 4.74 Å². The molecule has 0 bridgehead atoms. The van der Waals surface area contributed by atoms with Gasteiger partial charge in [0.05, 0.1) is 0 Å². The predicted octanol–water partition coefficient (Wildman–Crippen LogP) is 3.95. The number of rotatable bonds is 6. The summed E-state index contributed by atoms with van der Waals surface area (Å²) in [6.07, 6.45) is -0.461. The van der Waals surface area contributed by atoms with Crippen LogP contribution in [0.4, 0.5) is 0 Å². The molecule has 5 heteroatoms. The van der Waals surface area contributed by atoms with Crippen molar-refractivity contribution in [1.29, 1.82) is 0 Å². The van der Waals surface area contributed by atoms with Gasteiger partial charge in [-0.3, -0.25) is 20.4 Å². The summed E-state index contributed by atoms with van der Waals surface area (Å²) in [6, 6.07) is 23.4. The zero-order chi connectivity index (χ0) is 19.9. The van der Waals surface area contributed by atoms with Gasteiger partial charge in [0.25, 0.3) is 5.91 Å². The molecule has 0 saturated carbocycles. The van der Waals surface area contributed by atoms with Crippen molar-refractivity contribution in [3.63, 3.8) is 0 Å². The summed E-state index contributed by atoms with van der Waals surface area (Å²) < 4.78 is 5.70. The highest BCUT2D eigenvalue weighted by molar-refractivity contribution is 5.86. The first-order valence-electron chi connectivity index (χ1n) is 9.32. The van der Waals surface area contributed by atoms with Crippen LogP contribution in [0.2, 0.25) is 0 Å². The fourth-order valence-electron chi connectivity index (χ4n) is 2.96. The second-order valence-corrected chi connectivity index (χ2v) is 6.82. The Balaban J connectivity index is 1.48. The molecule has 0 fully saturated rings. The summed E-state index contributed by atoms with van der Waals surface area (Å²) in [4.78, 5) is 24.3. The van der Waals surface area contributed by atoms with Gasteiger partial charge in [-0.15, -0.1) is 0 Å². The van der Waals surface area contributed by atoms with Crippen molar-refractivity contribution in [3.8, 4) is 5.75 Å². The maximum absolute atomic E-state index is 12.2. The summed E-state index contributed by atoms with van der Waals surface area (Å²) in [5, 5.41) is 2.14. The van der Waals surface area contributed by atoms with Crippen molar-refractivity contribution in [1.82, 2.24) is 10.9 Å². The van der Waals surface area contributed by atoms with Crippen molar-refractivity contribution in [2.24, 2.45) is 0 Å². The van der Waals surface area contributed by atoms with Crippen molar-refractivity contribution >= 4 is 22.6 Å². The molecule has 0 spiro atoms. The molecule has 3 aromatic carbocycles. The highest BCUT2D eigenvalue weighted by atomic mass is 16.5. The van der Waals surface area contributed by atoms with Gasteiger partial charge in [-0.2, -0.15) is 0 Å². The van der Waals surface area contributed by atoms with Crippen LogP contribution < -0.4 is 15.6 Å². The van der Waals surface area contributed by atoms with Crippen LogP contribution in [0.1, 0.15) is 31.7 Å². The number of hydrogen-bond acceptors (Lipinski definition) is 3. The molecule has 2 unspecified atom stereocenters. The number of ether oxygens (including phenoxy) is 1. The summed E-state index contributed by atoms with van der Waals surface area (Å²) in [5.74, 6) is 0.00577. The van der Waals surface area contributed by atoms with Crippen molar-refractivity contribution in [2.45, 2.75) is 32.3 Å². The van der Waals surface area contributed by atoms with Crippen LogP contribution in [0.3, 0.4) is 0 Å². The normalized spacial score (nSPS) is 12.8. The van der Waals surface area contributed by atoms with E-state index in [1.807, 2.05) is 79.7 Å². The zero-order valence-corrected chi connectivity index (χ0v) is 16.0. The first-order valence-corrected chi connectivity index (χ1v) is 9.32. The Morgan fingerprint density at radius 3 is 2.29 bits per heavy atom. The van der Waals surface area contributed by atoms with Gasteiger partial charge in [0.15, 0.2) is 6.10 Å². The SMILES string of the molecule is CC(Oc1ccc2ccccc2c1)C(=O)NNC(=O)CC(C)c1ccccc1. The van der Waals surface area contributed by atoms with E-state index in [1.165, 1.54) is 0 Å². The number of carbonyl (C=O) groups excluding carboxylic acids is 2. The molecule has 0 saturated heterocycles. The van der Waals surface area contributed by atoms with Crippen molar-refractivity contribution in [2.75, 3.05) is 0 Å². The van der Waals surface area contributed by atoms with Crippen LogP contribution >= 0.6 is 0 Å². The maximum Gasteiger partial charge on any atom is 0.279 e. The molecule has 5 nitrogen and oxygen atoms in total. The van der Waals surface area contributed by atoms with Crippen LogP contribution in [-0.4, -0.2) is 17.9 Å². The summed E-state index contributed by atoms with van der Waals surface area (Å²) in [5.41, 5.74) is 5.97. The summed E-state index contributed by atoms with van der Waals surface area (Å²) >= 11 is 0. The first-order chi connectivity index (χ1) is 13.5. The third-order valence-corrected chi connectivity index (χ3v) is 4.59. The lowest BCUT2D eigenvalue weighted by Crippen LogP contribution is -2.47. The van der Waals surface area contributed by atoms with Gasteiger partial charge in [0.2, 0.25) is 5.91 Å². The molecule has 3 aromatic rings. The Hall–Kier alpha value is -3.34. The Labute approximate surface area is 164 Å². The fraction of sp³-hybridized carbons (Fsp3) is 0.217. The largest absolute Gasteiger partial charge is 0.481 e. The molecule has 0 heterocycles. The van der Waals surface area contributed by atoms with Gasteiger partial charge in [0.1, 0.15) is 5.75 Å². The minimum Gasteiger partial charge on any atom is -0.481 e.